The largest absolute Gasteiger partial charge is 0.379 e. The van der Waals surface area contributed by atoms with Gasteiger partial charge in [0.1, 0.15) is 0 Å². The van der Waals surface area contributed by atoms with Gasteiger partial charge in [-0.25, -0.2) is 8.42 Å². The van der Waals surface area contributed by atoms with E-state index in [1.165, 1.54) is 6.07 Å². The number of benzene rings is 2. The highest BCUT2D eigenvalue weighted by atomic mass is 32.2. The maximum Gasteiger partial charge on any atom is 0.262 e. The first-order valence-electron chi connectivity index (χ1n) is 9.70. The smallest absolute Gasteiger partial charge is 0.262 e. The zero-order valence-electron chi connectivity index (χ0n) is 17.7. The molecule has 1 amide bonds. The fourth-order valence-electron chi connectivity index (χ4n) is 2.85. The molecule has 0 aliphatic heterocycles. The van der Waals surface area contributed by atoms with Gasteiger partial charge < -0.3 is 10.1 Å². The molecule has 2 aromatic carbocycles. The fourth-order valence-corrected chi connectivity index (χ4v) is 4.26. The van der Waals surface area contributed by atoms with Gasteiger partial charge in [0, 0.05) is 18.7 Å². The molecule has 0 spiro atoms. The minimum absolute atomic E-state index is 0.0910. The van der Waals surface area contributed by atoms with Crippen LogP contribution < -0.4 is 10.0 Å². The minimum Gasteiger partial charge on any atom is -0.379 e. The third kappa shape index (κ3) is 6.58. The van der Waals surface area contributed by atoms with Crippen LogP contribution >= 0.6 is 0 Å². The van der Waals surface area contributed by atoms with Crippen LogP contribution in [0.15, 0.2) is 41.3 Å². The number of amides is 1. The highest BCUT2D eigenvalue weighted by Gasteiger charge is 2.20. The van der Waals surface area contributed by atoms with E-state index in [1.54, 1.807) is 25.1 Å². The Morgan fingerprint density at radius 3 is 2.41 bits per heavy atom. The second-order valence-electron chi connectivity index (χ2n) is 7.43. The highest BCUT2D eigenvalue weighted by Crippen LogP contribution is 2.23. The predicted molar refractivity (Wildman–Crippen MR) is 116 cm³/mol. The Morgan fingerprint density at radius 1 is 1.03 bits per heavy atom. The first kappa shape index (κ1) is 22.9. The van der Waals surface area contributed by atoms with Crippen LogP contribution in [0.25, 0.3) is 0 Å². The Labute approximate surface area is 173 Å². The van der Waals surface area contributed by atoms with Gasteiger partial charge in [0.2, 0.25) is 0 Å². The zero-order chi connectivity index (χ0) is 21.6. The van der Waals surface area contributed by atoms with Gasteiger partial charge in [0.25, 0.3) is 15.9 Å². The van der Waals surface area contributed by atoms with Crippen LogP contribution in [-0.4, -0.2) is 33.6 Å². The molecule has 0 radical (unpaired) electrons. The van der Waals surface area contributed by atoms with Crippen LogP contribution in [0.3, 0.4) is 0 Å². The minimum atomic E-state index is -3.82. The Balaban J connectivity index is 2.13. The van der Waals surface area contributed by atoms with Crippen molar-refractivity contribution in [1.82, 2.24) is 5.32 Å². The van der Waals surface area contributed by atoms with E-state index >= 15 is 0 Å². The fraction of sp³-hybridized carbons (Fsp3) is 0.409. The van der Waals surface area contributed by atoms with Crippen molar-refractivity contribution in [3.05, 3.63) is 58.7 Å². The number of aryl methyl sites for hydroxylation is 3. The van der Waals surface area contributed by atoms with Gasteiger partial charge in [0.05, 0.1) is 16.7 Å². The molecule has 158 valence electrons. The zero-order valence-corrected chi connectivity index (χ0v) is 18.5. The van der Waals surface area contributed by atoms with E-state index < -0.39 is 10.0 Å². The van der Waals surface area contributed by atoms with Crippen LogP contribution in [0.2, 0.25) is 0 Å². The first-order chi connectivity index (χ1) is 13.6. The van der Waals surface area contributed by atoms with Crippen molar-refractivity contribution in [2.75, 3.05) is 17.9 Å². The molecular weight excluding hydrogens is 388 g/mol. The quantitative estimate of drug-likeness (QED) is 0.604. The normalized spacial score (nSPS) is 11.5. The van der Waals surface area contributed by atoms with Crippen molar-refractivity contribution < 1.29 is 17.9 Å². The number of carbonyl (C=O) groups excluding carboxylic acids is 1. The number of hydrogen-bond donors (Lipinski definition) is 2. The van der Waals surface area contributed by atoms with Crippen LogP contribution in [-0.2, 0) is 14.8 Å². The van der Waals surface area contributed by atoms with Crippen molar-refractivity contribution >= 4 is 21.6 Å². The standard InChI is InChI=1S/C22H30N2O4S/c1-15(2)28-12-6-11-23-22(25)19-9-8-17(4)21(14-19)29(26,27)24-20-10-7-16(3)13-18(20)5/h7-10,13-15,24H,6,11-12H2,1-5H3,(H,23,25). The van der Waals surface area contributed by atoms with Gasteiger partial charge in [-0.3, -0.25) is 9.52 Å². The van der Waals surface area contributed by atoms with E-state index in [2.05, 4.69) is 10.0 Å². The van der Waals surface area contributed by atoms with E-state index in [0.29, 0.717) is 36.4 Å². The molecule has 2 N–H and O–H groups in total. The Morgan fingerprint density at radius 2 is 1.76 bits per heavy atom. The molecule has 0 unspecified atom stereocenters. The first-order valence-corrected chi connectivity index (χ1v) is 11.2. The molecule has 6 nitrogen and oxygen atoms in total. The van der Waals surface area contributed by atoms with Crippen LogP contribution in [0, 0.1) is 20.8 Å². The van der Waals surface area contributed by atoms with Crippen LogP contribution in [0.1, 0.15) is 47.3 Å². The lowest BCUT2D eigenvalue weighted by Gasteiger charge is -2.14. The summed E-state index contributed by atoms with van der Waals surface area (Å²) in [7, 11) is -3.82. The summed E-state index contributed by atoms with van der Waals surface area (Å²) in [4.78, 5) is 12.5. The van der Waals surface area contributed by atoms with Crippen molar-refractivity contribution in [3.63, 3.8) is 0 Å². The number of anilines is 1. The van der Waals surface area contributed by atoms with Crippen LogP contribution in [0.4, 0.5) is 5.69 Å². The summed E-state index contributed by atoms with van der Waals surface area (Å²) in [6.45, 7) is 10.4. The third-order valence-electron chi connectivity index (χ3n) is 4.42. The summed E-state index contributed by atoms with van der Waals surface area (Å²) in [5, 5.41) is 2.80. The Hall–Kier alpha value is -2.38. The molecule has 0 saturated carbocycles. The topological polar surface area (TPSA) is 84.5 Å². The van der Waals surface area contributed by atoms with E-state index in [9.17, 15) is 13.2 Å². The average Bonchev–Trinajstić information content (AvgIpc) is 2.63. The molecule has 0 heterocycles. The van der Waals surface area contributed by atoms with Crippen molar-refractivity contribution in [1.29, 1.82) is 0 Å². The molecule has 0 fully saturated rings. The molecule has 7 heteroatoms. The van der Waals surface area contributed by atoms with Gasteiger partial charge in [-0.05, 0) is 70.4 Å². The van der Waals surface area contributed by atoms with Gasteiger partial charge in [-0.2, -0.15) is 0 Å². The molecule has 0 atom stereocenters. The number of nitrogens with one attached hydrogen (secondary N) is 2. The van der Waals surface area contributed by atoms with E-state index in [4.69, 9.17) is 4.74 Å². The summed E-state index contributed by atoms with van der Waals surface area (Å²) in [5.74, 6) is -0.308. The predicted octanol–water partition coefficient (Wildman–Crippen LogP) is 3.96. The van der Waals surface area contributed by atoms with E-state index in [-0.39, 0.29) is 16.9 Å². The lowest BCUT2D eigenvalue weighted by Crippen LogP contribution is -2.26. The summed E-state index contributed by atoms with van der Waals surface area (Å²) in [6.07, 6.45) is 0.843. The van der Waals surface area contributed by atoms with E-state index in [0.717, 1.165) is 11.1 Å². The Bertz CT molecular complexity index is 969. The second-order valence-corrected chi connectivity index (χ2v) is 9.08. The molecule has 0 aromatic heterocycles. The van der Waals surface area contributed by atoms with Gasteiger partial charge in [-0.1, -0.05) is 23.8 Å². The molecule has 29 heavy (non-hydrogen) atoms. The lowest BCUT2D eigenvalue weighted by molar-refractivity contribution is 0.0757. The number of sulfonamides is 1. The second kappa shape index (κ2) is 9.89. The number of carbonyl (C=O) groups is 1. The maximum absolute atomic E-state index is 12.9. The summed E-state index contributed by atoms with van der Waals surface area (Å²) in [5.41, 5.74) is 3.29. The number of hydrogen-bond acceptors (Lipinski definition) is 4. The van der Waals surface area contributed by atoms with E-state index in [1.807, 2.05) is 39.8 Å². The molecule has 2 rings (SSSR count). The Kier molecular flexibility index (Phi) is 7.81. The summed E-state index contributed by atoms with van der Waals surface area (Å²) in [6, 6.07) is 10.2. The average molecular weight is 419 g/mol. The third-order valence-corrected chi connectivity index (χ3v) is 5.93. The number of ether oxygens (including phenoxy) is 1. The monoisotopic (exact) mass is 418 g/mol. The molecular formula is C22H30N2O4S. The summed E-state index contributed by atoms with van der Waals surface area (Å²) < 4.78 is 34.0. The maximum atomic E-state index is 12.9. The number of rotatable bonds is 9. The highest BCUT2D eigenvalue weighted by molar-refractivity contribution is 7.92. The molecule has 0 saturated heterocycles. The summed E-state index contributed by atoms with van der Waals surface area (Å²) >= 11 is 0. The van der Waals surface area contributed by atoms with Gasteiger partial charge in [0.15, 0.2) is 0 Å². The van der Waals surface area contributed by atoms with Crippen molar-refractivity contribution in [2.24, 2.45) is 0 Å². The molecule has 2 aromatic rings. The van der Waals surface area contributed by atoms with Gasteiger partial charge >= 0.3 is 0 Å². The SMILES string of the molecule is Cc1ccc(NS(=O)(=O)c2cc(C(=O)NCCCOC(C)C)ccc2C)c(C)c1. The van der Waals surface area contributed by atoms with Crippen molar-refractivity contribution in [2.45, 2.75) is 52.0 Å². The lowest BCUT2D eigenvalue weighted by atomic mass is 10.1. The molecule has 0 bridgehead atoms. The van der Waals surface area contributed by atoms with Crippen molar-refractivity contribution in [3.8, 4) is 0 Å². The molecule has 0 aliphatic rings. The van der Waals surface area contributed by atoms with Crippen LogP contribution in [0.5, 0.6) is 0 Å². The van der Waals surface area contributed by atoms with Gasteiger partial charge in [-0.15, -0.1) is 0 Å². The molecule has 0 aliphatic carbocycles.